The van der Waals surface area contributed by atoms with E-state index in [4.69, 9.17) is 4.74 Å². The van der Waals surface area contributed by atoms with Gasteiger partial charge in [-0.15, -0.1) is 0 Å². The molecule has 0 bridgehead atoms. The van der Waals surface area contributed by atoms with Crippen LogP contribution >= 0.6 is 15.9 Å². The van der Waals surface area contributed by atoms with E-state index in [0.29, 0.717) is 12.0 Å². The van der Waals surface area contributed by atoms with E-state index in [0.717, 1.165) is 69.1 Å². The Labute approximate surface area is 173 Å². The Morgan fingerprint density at radius 2 is 1.96 bits per heavy atom. The molecule has 2 N–H and O–H groups in total. The molecular weight excluding hydrogens is 404 g/mol. The molecule has 0 unspecified atom stereocenters. The Balaban J connectivity index is 1.61. The molecule has 0 aromatic heterocycles. The van der Waals surface area contributed by atoms with Gasteiger partial charge in [0.25, 0.3) is 0 Å². The van der Waals surface area contributed by atoms with E-state index in [2.05, 4.69) is 74.6 Å². The minimum absolute atomic E-state index is 0.495. The topological polar surface area (TPSA) is 48.9 Å². The van der Waals surface area contributed by atoms with Gasteiger partial charge in [0.15, 0.2) is 5.96 Å². The first-order valence-corrected chi connectivity index (χ1v) is 10.9. The zero-order chi connectivity index (χ0) is 19.5. The summed E-state index contributed by atoms with van der Waals surface area (Å²) in [7, 11) is 1.84. The van der Waals surface area contributed by atoms with Crippen molar-refractivity contribution in [2.75, 3.05) is 39.9 Å². The zero-order valence-corrected chi connectivity index (χ0v) is 18.6. The molecule has 1 aromatic rings. The normalized spacial score (nSPS) is 16.7. The minimum atomic E-state index is 0.495. The third kappa shape index (κ3) is 9.08. The lowest BCUT2D eigenvalue weighted by Gasteiger charge is -2.33. The fourth-order valence-corrected chi connectivity index (χ4v) is 3.44. The maximum absolute atomic E-state index is 5.62. The fraction of sp³-hybridized carbons (Fsp3) is 0.667. The summed E-state index contributed by atoms with van der Waals surface area (Å²) in [6.07, 6.45) is 3.29. The highest BCUT2D eigenvalue weighted by Crippen LogP contribution is 2.16. The molecule has 152 valence electrons. The molecule has 0 radical (unpaired) electrons. The Morgan fingerprint density at radius 1 is 1.26 bits per heavy atom. The van der Waals surface area contributed by atoms with Crippen LogP contribution in [0.1, 0.15) is 38.7 Å². The summed E-state index contributed by atoms with van der Waals surface area (Å²) in [5.74, 6) is 1.51. The molecule has 1 fully saturated rings. The molecule has 2 rings (SSSR count). The summed E-state index contributed by atoms with van der Waals surface area (Å²) in [5, 5.41) is 6.97. The molecule has 0 aliphatic carbocycles. The van der Waals surface area contributed by atoms with Crippen LogP contribution in [0.3, 0.4) is 0 Å². The second-order valence-corrected chi connectivity index (χ2v) is 8.56. The van der Waals surface area contributed by atoms with Gasteiger partial charge in [-0.3, -0.25) is 9.89 Å². The van der Waals surface area contributed by atoms with Crippen LogP contribution in [-0.2, 0) is 11.3 Å². The maximum atomic E-state index is 5.62. The van der Waals surface area contributed by atoms with E-state index in [-0.39, 0.29) is 0 Å². The van der Waals surface area contributed by atoms with Crippen molar-refractivity contribution >= 4 is 21.9 Å². The predicted molar refractivity (Wildman–Crippen MR) is 117 cm³/mol. The van der Waals surface area contributed by atoms with Crippen molar-refractivity contribution in [3.63, 3.8) is 0 Å². The molecule has 1 aliphatic heterocycles. The Hall–Kier alpha value is -1.11. The van der Waals surface area contributed by atoms with E-state index in [1.807, 2.05) is 7.05 Å². The number of hydrogen-bond acceptors (Lipinski definition) is 3. The number of rotatable bonds is 9. The highest BCUT2D eigenvalue weighted by atomic mass is 79.9. The van der Waals surface area contributed by atoms with Crippen molar-refractivity contribution in [1.29, 1.82) is 0 Å². The Kier molecular flexibility index (Phi) is 10.2. The molecule has 1 saturated heterocycles. The van der Waals surface area contributed by atoms with E-state index in [1.165, 1.54) is 5.56 Å². The first kappa shape index (κ1) is 22.2. The number of ether oxygens (including phenoxy) is 1. The smallest absolute Gasteiger partial charge is 0.191 e. The Morgan fingerprint density at radius 3 is 2.59 bits per heavy atom. The van der Waals surface area contributed by atoms with Crippen LogP contribution in [0.4, 0.5) is 0 Å². The monoisotopic (exact) mass is 438 g/mol. The highest BCUT2D eigenvalue weighted by Gasteiger charge is 2.19. The number of piperidine rings is 1. The van der Waals surface area contributed by atoms with E-state index in [9.17, 15) is 0 Å². The number of benzene rings is 1. The van der Waals surface area contributed by atoms with Gasteiger partial charge < -0.3 is 15.4 Å². The highest BCUT2D eigenvalue weighted by molar-refractivity contribution is 9.10. The number of nitrogens with zero attached hydrogens (tertiary/aromatic N) is 2. The summed E-state index contributed by atoms with van der Waals surface area (Å²) >= 11 is 3.50. The zero-order valence-electron chi connectivity index (χ0n) is 17.0. The molecule has 6 heteroatoms. The molecule has 0 atom stereocenters. The molecule has 27 heavy (non-hydrogen) atoms. The van der Waals surface area contributed by atoms with Crippen molar-refractivity contribution < 1.29 is 4.74 Å². The van der Waals surface area contributed by atoms with Crippen LogP contribution in [0.2, 0.25) is 0 Å². The summed E-state index contributed by atoms with van der Waals surface area (Å²) in [6.45, 7) is 10.1. The SMILES string of the molecule is CN=C(NCCCOCC(C)C)NC1CCN(Cc2ccc(Br)cc2)CC1. The average Bonchev–Trinajstić information content (AvgIpc) is 2.66. The number of aliphatic imine (C=N–C) groups is 1. The summed E-state index contributed by atoms with van der Waals surface area (Å²) in [6, 6.07) is 9.13. The average molecular weight is 439 g/mol. The van der Waals surface area contributed by atoms with Crippen molar-refractivity contribution in [3.05, 3.63) is 34.3 Å². The van der Waals surface area contributed by atoms with E-state index >= 15 is 0 Å². The summed E-state index contributed by atoms with van der Waals surface area (Å²) in [4.78, 5) is 6.89. The van der Waals surface area contributed by atoms with Gasteiger partial charge in [0.1, 0.15) is 0 Å². The van der Waals surface area contributed by atoms with Crippen LogP contribution in [0.5, 0.6) is 0 Å². The van der Waals surface area contributed by atoms with Gasteiger partial charge in [-0.25, -0.2) is 0 Å². The standard InChI is InChI=1S/C21H35BrN4O/c1-17(2)16-27-14-4-11-24-21(23-3)25-20-9-12-26(13-10-20)15-18-5-7-19(22)8-6-18/h5-8,17,20H,4,9-16H2,1-3H3,(H2,23,24,25). The van der Waals surface area contributed by atoms with E-state index in [1.54, 1.807) is 0 Å². The van der Waals surface area contributed by atoms with Crippen molar-refractivity contribution in [1.82, 2.24) is 15.5 Å². The van der Waals surface area contributed by atoms with Gasteiger partial charge >= 0.3 is 0 Å². The molecule has 0 saturated carbocycles. The van der Waals surface area contributed by atoms with Crippen LogP contribution < -0.4 is 10.6 Å². The van der Waals surface area contributed by atoms with Crippen LogP contribution in [-0.4, -0.2) is 56.8 Å². The van der Waals surface area contributed by atoms with Gasteiger partial charge in [-0.2, -0.15) is 0 Å². The molecule has 0 spiro atoms. The van der Waals surface area contributed by atoms with Crippen molar-refractivity contribution in [3.8, 4) is 0 Å². The van der Waals surface area contributed by atoms with Crippen molar-refractivity contribution in [2.45, 2.75) is 45.7 Å². The maximum Gasteiger partial charge on any atom is 0.191 e. The predicted octanol–water partition coefficient (Wildman–Crippen LogP) is 3.64. The first-order valence-electron chi connectivity index (χ1n) is 10.1. The number of guanidine groups is 1. The molecule has 1 heterocycles. The van der Waals surface area contributed by atoms with Gasteiger partial charge in [0.2, 0.25) is 0 Å². The lowest BCUT2D eigenvalue weighted by Crippen LogP contribution is -2.48. The van der Waals surface area contributed by atoms with Gasteiger partial charge in [0.05, 0.1) is 0 Å². The molecule has 1 aliphatic rings. The number of nitrogens with one attached hydrogen (secondary N) is 2. The summed E-state index contributed by atoms with van der Waals surface area (Å²) < 4.78 is 6.76. The van der Waals surface area contributed by atoms with Crippen LogP contribution in [0, 0.1) is 5.92 Å². The second kappa shape index (κ2) is 12.4. The molecule has 0 amide bonds. The van der Waals surface area contributed by atoms with Crippen molar-refractivity contribution in [2.24, 2.45) is 10.9 Å². The van der Waals surface area contributed by atoms with Crippen LogP contribution in [0.15, 0.2) is 33.7 Å². The second-order valence-electron chi connectivity index (χ2n) is 7.64. The fourth-order valence-electron chi connectivity index (χ4n) is 3.17. The Bertz CT molecular complexity index is 554. The third-order valence-electron chi connectivity index (χ3n) is 4.68. The molecule has 5 nitrogen and oxygen atoms in total. The minimum Gasteiger partial charge on any atom is -0.381 e. The number of likely N-dealkylation sites (tertiary alicyclic amines) is 1. The summed E-state index contributed by atoms with van der Waals surface area (Å²) in [5.41, 5.74) is 1.38. The van der Waals surface area contributed by atoms with E-state index < -0.39 is 0 Å². The van der Waals surface area contributed by atoms with Crippen LogP contribution in [0.25, 0.3) is 0 Å². The molecule has 1 aromatic carbocycles. The largest absolute Gasteiger partial charge is 0.381 e. The lowest BCUT2D eigenvalue weighted by molar-refractivity contribution is 0.108. The first-order chi connectivity index (χ1) is 13.1. The number of halogens is 1. The quantitative estimate of drug-likeness (QED) is 0.351. The van der Waals surface area contributed by atoms with Gasteiger partial charge in [-0.05, 0) is 42.9 Å². The lowest BCUT2D eigenvalue weighted by atomic mass is 10.0. The third-order valence-corrected chi connectivity index (χ3v) is 5.21. The van der Waals surface area contributed by atoms with Gasteiger partial charge in [0, 0.05) is 57.0 Å². The van der Waals surface area contributed by atoms with Gasteiger partial charge in [-0.1, -0.05) is 41.9 Å². The number of hydrogen-bond donors (Lipinski definition) is 2. The molecular formula is C21H35BrN4O.